The highest BCUT2D eigenvalue weighted by atomic mass is 35.5. The Kier molecular flexibility index (Phi) is 4.97. The van der Waals surface area contributed by atoms with Gasteiger partial charge in [-0.3, -0.25) is 4.79 Å². The highest BCUT2D eigenvalue weighted by Gasteiger charge is 2.27. The predicted molar refractivity (Wildman–Crippen MR) is 70.7 cm³/mol. The molecule has 0 aliphatic carbocycles. The van der Waals surface area contributed by atoms with Crippen LogP contribution in [0.3, 0.4) is 0 Å². The van der Waals surface area contributed by atoms with Gasteiger partial charge in [0.1, 0.15) is 0 Å². The smallest absolute Gasteiger partial charge is 0.289 e. The number of piperazine rings is 1. The molecular formula is C10H16ClN3O4S. The van der Waals surface area contributed by atoms with Crippen molar-refractivity contribution >= 4 is 28.3 Å². The SMILES string of the molecule is C[C@@H]1CNCCN1C(=O)c1ccc(S(N)(=O)=O)o1.Cl. The lowest BCUT2D eigenvalue weighted by molar-refractivity contribution is 0.0617. The summed E-state index contributed by atoms with van der Waals surface area (Å²) in [5.74, 6) is -0.327. The minimum atomic E-state index is -3.91. The third-order valence-corrected chi connectivity index (χ3v) is 3.61. The van der Waals surface area contributed by atoms with Gasteiger partial charge in [0.05, 0.1) is 0 Å². The van der Waals surface area contributed by atoms with E-state index in [1.54, 1.807) is 4.90 Å². The van der Waals surface area contributed by atoms with Gasteiger partial charge < -0.3 is 14.6 Å². The fraction of sp³-hybridized carbons (Fsp3) is 0.500. The van der Waals surface area contributed by atoms with Crippen LogP contribution in [-0.4, -0.2) is 44.9 Å². The van der Waals surface area contributed by atoms with Crippen LogP contribution in [0.1, 0.15) is 17.5 Å². The second-order valence-electron chi connectivity index (χ2n) is 4.22. The quantitative estimate of drug-likeness (QED) is 0.786. The van der Waals surface area contributed by atoms with E-state index in [-0.39, 0.29) is 30.1 Å². The summed E-state index contributed by atoms with van der Waals surface area (Å²) in [6, 6.07) is 2.56. The van der Waals surface area contributed by atoms with Gasteiger partial charge in [0.15, 0.2) is 5.76 Å². The van der Waals surface area contributed by atoms with Crippen LogP contribution in [-0.2, 0) is 10.0 Å². The van der Waals surface area contributed by atoms with Gasteiger partial charge in [-0.15, -0.1) is 12.4 Å². The predicted octanol–water partition coefficient (Wildman–Crippen LogP) is -0.217. The molecule has 0 saturated carbocycles. The molecule has 0 spiro atoms. The maximum atomic E-state index is 12.1. The Morgan fingerprint density at radius 2 is 2.21 bits per heavy atom. The van der Waals surface area contributed by atoms with Crippen molar-refractivity contribution in [1.82, 2.24) is 10.2 Å². The molecule has 7 nitrogen and oxygen atoms in total. The van der Waals surface area contributed by atoms with Crippen LogP contribution in [0.25, 0.3) is 0 Å². The van der Waals surface area contributed by atoms with Crippen molar-refractivity contribution in [3.8, 4) is 0 Å². The summed E-state index contributed by atoms with van der Waals surface area (Å²) in [6.07, 6.45) is 0. The number of carbonyl (C=O) groups is 1. The summed E-state index contributed by atoms with van der Waals surface area (Å²) in [5.41, 5.74) is 0. The van der Waals surface area contributed by atoms with Crippen molar-refractivity contribution in [3.63, 3.8) is 0 Å². The summed E-state index contributed by atoms with van der Waals surface area (Å²) >= 11 is 0. The molecule has 1 fully saturated rings. The summed E-state index contributed by atoms with van der Waals surface area (Å²) in [6.45, 7) is 3.88. The molecule has 19 heavy (non-hydrogen) atoms. The number of primary sulfonamides is 1. The van der Waals surface area contributed by atoms with E-state index in [4.69, 9.17) is 9.56 Å². The second-order valence-corrected chi connectivity index (χ2v) is 5.71. The molecule has 1 aliphatic heterocycles. The molecule has 0 unspecified atom stereocenters. The number of halogens is 1. The third-order valence-electron chi connectivity index (χ3n) is 2.83. The third kappa shape index (κ3) is 3.47. The number of furan rings is 1. The lowest BCUT2D eigenvalue weighted by Gasteiger charge is -2.33. The molecule has 1 saturated heterocycles. The molecular weight excluding hydrogens is 294 g/mol. The Labute approximate surface area is 117 Å². The average molecular weight is 310 g/mol. The standard InChI is InChI=1S/C10H15N3O4S.ClH/c1-7-6-12-4-5-13(7)10(14)8-2-3-9(17-8)18(11,15)16;/h2-3,7,12H,4-6H2,1H3,(H2,11,15,16);1H/t7-;/m1./s1. The normalized spacial score (nSPS) is 19.9. The minimum absolute atomic E-state index is 0. The molecule has 108 valence electrons. The monoisotopic (exact) mass is 309 g/mol. The molecule has 1 aliphatic rings. The zero-order valence-electron chi connectivity index (χ0n) is 10.3. The van der Waals surface area contributed by atoms with Crippen LogP contribution < -0.4 is 10.5 Å². The fourth-order valence-corrected chi connectivity index (χ4v) is 2.34. The second kappa shape index (κ2) is 5.91. The van der Waals surface area contributed by atoms with Crippen molar-refractivity contribution in [2.45, 2.75) is 18.1 Å². The van der Waals surface area contributed by atoms with Crippen LogP contribution in [0, 0.1) is 0 Å². The van der Waals surface area contributed by atoms with Crippen molar-refractivity contribution in [1.29, 1.82) is 0 Å². The number of nitrogens with zero attached hydrogens (tertiary/aromatic N) is 1. The van der Waals surface area contributed by atoms with Gasteiger partial charge in [-0.05, 0) is 19.1 Å². The van der Waals surface area contributed by atoms with E-state index in [0.717, 1.165) is 0 Å². The summed E-state index contributed by atoms with van der Waals surface area (Å²) < 4.78 is 27.1. The highest BCUT2D eigenvalue weighted by molar-refractivity contribution is 7.89. The van der Waals surface area contributed by atoms with Gasteiger partial charge in [0.2, 0.25) is 5.09 Å². The molecule has 1 amide bonds. The Morgan fingerprint density at radius 1 is 1.53 bits per heavy atom. The fourth-order valence-electron chi connectivity index (χ4n) is 1.87. The van der Waals surface area contributed by atoms with E-state index in [1.807, 2.05) is 6.92 Å². The lowest BCUT2D eigenvalue weighted by Crippen LogP contribution is -2.52. The number of sulfonamides is 1. The molecule has 1 aromatic rings. The maximum absolute atomic E-state index is 12.1. The zero-order chi connectivity index (χ0) is 13.3. The van der Waals surface area contributed by atoms with Crippen molar-refractivity contribution in [2.24, 2.45) is 5.14 Å². The Hall–Kier alpha value is -1.09. The first kappa shape index (κ1) is 16.0. The molecule has 3 N–H and O–H groups in total. The van der Waals surface area contributed by atoms with E-state index in [2.05, 4.69) is 5.32 Å². The maximum Gasteiger partial charge on any atom is 0.289 e. The number of amides is 1. The topological polar surface area (TPSA) is 106 Å². The van der Waals surface area contributed by atoms with Gasteiger partial charge in [-0.25, -0.2) is 13.6 Å². The van der Waals surface area contributed by atoms with Crippen LogP contribution >= 0.6 is 12.4 Å². The Morgan fingerprint density at radius 3 is 2.74 bits per heavy atom. The molecule has 0 aromatic carbocycles. The van der Waals surface area contributed by atoms with Gasteiger partial charge >= 0.3 is 0 Å². The minimum Gasteiger partial charge on any atom is -0.438 e. The largest absolute Gasteiger partial charge is 0.438 e. The Balaban J connectivity index is 0.00000180. The summed E-state index contributed by atoms with van der Waals surface area (Å²) in [7, 11) is -3.91. The van der Waals surface area contributed by atoms with E-state index >= 15 is 0 Å². The zero-order valence-corrected chi connectivity index (χ0v) is 12.0. The molecule has 2 heterocycles. The Bertz CT molecular complexity index is 557. The molecule has 0 radical (unpaired) electrons. The summed E-state index contributed by atoms with van der Waals surface area (Å²) in [4.78, 5) is 13.8. The number of hydrogen-bond donors (Lipinski definition) is 2. The molecule has 9 heteroatoms. The molecule has 0 bridgehead atoms. The number of hydrogen-bond acceptors (Lipinski definition) is 5. The van der Waals surface area contributed by atoms with Crippen LogP contribution in [0.15, 0.2) is 21.6 Å². The van der Waals surface area contributed by atoms with Gasteiger partial charge in [-0.2, -0.15) is 0 Å². The van der Waals surface area contributed by atoms with Crippen molar-refractivity contribution < 1.29 is 17.6 Å². The van der Waals surface area contributed by atoms with Crippen molar-refractivity contribution in [2.75, 3.05) is 19.6 Å². The summed E-state index contributed by atoms with van der Waals surface area (Å²) in [5, 5.41) is 7.68. The number of nitrogens with one attached hydrogen (secondary N) is 1. The lowest BCUT2D eigenvalue weighted by atomic mass is 10.2. The number of nitrogens with two attached hydrogens (primary N) is 1. The first-order chi connectivity index (χ1) is 8.39. The number of carbonyl (C=O) groups excluding carboxylic acids is 1. The first-order valence-corrected chi connectivity index (χ1v) is 7.08. The molecule has 1 atom stereocenters. The van der Waals surface area contributed by atoms with E-state index in [9.17, 15) is 13.2 Å². The van der Waals surface area contributed by atoms with Gasteiger partial charge in [0, 0.05) is 25.7 Å². The van der Waals surface area contributed by atoms with E-state index in [0.29, 0.717) is 19.6 Å². The first-order valence-electron chi connectivity index (χ1n) is 5.54. The average Bonchev–Trinajstić information content (AvgIpc) is 2.77. The van der Waals surface area contributed by atoms with Crippen LogP contribution in [0.5, 0.6) is 0 Å². The molecule has 2 rings (SSSR count). The van der Waals surface area contributed by atoms with Gasteiger partial charge in [0.25, 0.3) is 15.9 Å². The number of rotatable bonds is 2. The van der Waals surface area contributed by atoms with Gasteiger partial charge in [-0.1, -0.05) is 0 Å². The van der Waals surface area contributed by atoms with Crippen LogP contribution in [0.4, 0.5) is 0 Å². The van der Waals surface area contributed by atoms with E-state index < -0.39 is 15.1 Å². The molecule has 1 aromatic heterocycles. The van der Waals surface area contributed by atoms with Crippen LogP contribution in [0.2, 0.25) is 0 Å². The highest BCUT2D eigenvalue weighted by Crippen LogP contribution is 2.16. The van der Waals surface area contributed by atoms with Crippen molar-refractivity contribution in [3.05, 3.63) is 17.9 Å². The van der Waals surface area contributed by atoms with E-state index in [1.165, 1.54) is 12.1 Å².